The van der Waals surface area contributed by atoms with Crippen molar-refractivity contribution in [1.82, 2.24) is 14.0 Å². The summed E-state index contributed by atoms with van der Waals surface area (Å²) in [6.07, 6.45) is 3.87. The molecule has 0 unspecified atom stereocenters. The summed E-state index contributed by atoms with van der Waals surface area (Å²) in [5.41, 5.74) is 0. The Balaban J connectivity index is 1.59. The molecule has 29 heavy (non-hydrogen) atoms. The topological polar surface area (TPSA) is 123 Å². The third-order valence-electron chi connectivity index (χ3n) is 4.70. The summed E-state index contributed by atoms with van der Waals surface area (Å²) >= 11 is 0.999. The fourth-order valence-corrected chi connectivity index (χ4v) is 6.94. The largest absolute Gasteiger partial charge is 0.465 e. The SMILES string of the molecule is COC(=O)c1sccc1S(=O)(=O)NCC1CCN(S(=O)(=O)c2cccnc2)CC1. The van der Waals surface area contributed by atoms with Crippen molar-refractivity contribution in [3.8, 4) is 0 Å². The highest BCUT2D eigenvalue weighted by Crippen LogP contribution is 2.25. The number of piperidine rings is 1. The summed E-state index contributed by atoms with van der Waals surface area (Å²) in [6.45, 7) is 0.768. The van der Waals surface area contributed by atoms with E-state index in [4.69, 9.17) is 0 Å². The Kier molecular flexibility index (Phi) is 6.69. The summed E-state index contributed by atoms with van der Waals surface area (Å²) in [7, 11) is -6.27. The molecule has 2 aromatic rings. The normalized spacial score (nSPS) is 16.6. The third-order valence-corrected chi connectivity index (χ3v) is 9.07. The van der Waals surface area contributed by atoms with E-state index in [0.717, 1.165) is 11.3 Å². The van der Waals surface area contributed by atoms with Crippen LogP contribution in [0, 0.1) is 5.92 Å². The maximum Gasteiger partial charge on any atom is 0.349 e. The molecule has 1 aliphatic heterocycles. The molecule has 0 radical (unpaired) electrons. The van der Waals surface area contributed by atoms with Crippen LogP contribution in [0.3, 0.4) is 0 Å². The van der Waals surface area contributed by atoms with Crippen LogP contribution in [-0.2, 0) is 24.8 Å². The molecule has 0 amide bonds. The van der Waals surface area contributed by atoms with E-state index in [1.807, 2.05) is 0 Å². The predicted molar refractivity (Wildman–Crippen MR) is 107 cm³/mol. The average Bonchev–Trinajstić information content (AvgIpc) is 3.24. The molecule has 12 heteroatoms. The number of methoxy groups -OCH3 is 1. The number of rotatable bonds is 7. The molecule has 1 fully saturated rings. The first-order valence-electron chi connectivity index (χ1n) is 8.81. The number of hydrogen-bond acceptors (Lipinski definition) is 8. The van der Waals surface area contributed by atoms with E-state index >= 15 is 0 Å². The van der Waals surface area contributed by atoms with E-state index in [1.165, 1.54) is 41.3 Å². The standard InChI is InChI=1S/C17H21N3O6S3/c1-26-17(21)16-15(6-10-27-16)28(22,23)19-11-13-4-8-20(9-5-13)29(24,25)14-3-2-7-18-12-14/h2-3,6-7,10,12-13,19H,4-5,8-9,11H2,1H3. The van der Waals surface area contributed by atoms with Gasteiger partial charge in [-0.3, -0.25) is 4.98 Å². The lowest BCUT2D eigenvalue weighted by molar-refractivity contribution is 0.0602. The Morgan fingerprint density at radius 1 is 1.28 bits per heavy atom. The van der Waals surface area contributed by atoms with Crippen molar-refractivity contribution in [2.45, 2.75) is 22.6 Å². The van der Waals surface area contributed by atoms with Crippen molar-refractivity contribution in [2.75, 3.05) is 26.7 Å². The van der Waals surface area contributed by atoms with Crippen molar-refractivity contribution < 1.29 is 26.4 Å². The first-order chi connectivity index (χ1) is 13.8. The summed E-state index contributed by atoms with van der Waals surface area (Å²) < 4.78 is 58.9. The molecular formula is C17H21N3O6S3. The molecule has 0 saturated carbocycles. The second-order valence-electron chi connectivity index (χ2n) is 6.49. The second-order valence-corrected chi connectivity index (χ2v) is 11.1. The number of sulfonamides is 2. The van der Waals surface area contributed by atoms with Gasteiger partial charge in [-0.15, -0.1) is 11.3 Å². The zero-order valence-corrected chi connectivity index (χ0v) is 18.1. The summed E-state index contributed by atoms with van der Waals surface area (Å²) in [5, 5.41) is 1.52. The number of carbonyl (C=O) groups is 1. The monoisotopic (exact) mass is 459 g/mol. The van der Waals surface area contributed by atoms with Crippen molar-refractivity contribution in [3.63, 3.8) is 0 Å². The van der Waals surface area contributed by atoms with E-state index in [9.17, 15) is 21.6 Å². The van der Waals surface area contributed by atoms with Gasteiger partial charge in [0.05, 0.1) is 7.11 Å². The minimum atomic E-state index is -3.87. The van der Waals surface area contributed by atoms with Crippen LogP contribution < -0.4 is 4.72 Å². The van der Waals surface area contributed by atoms with Crippen LogP contribution in [-0.4, -0.2) is 58.8 Å². The molecular weight excluding hydrogens is 438 g/mol. The molecule has 158 valence electrons. The van der Waals surface area contributed by atoms with Gasteiger partial charge in [-0.1, -0.05) is 0 Å². The molecule has 0 aliphatic carbocycles. The van der Waals surface area contributed by atoms with Crippen molar-refractivity contribution in [1.29, 1.82) is 0 Å². The van der Waals surface area contributed by atoms with Gasteiger partial charge in [-0.2, -0.15) is 4.31 Å². The van der Waals surface area contributed by atoms with E-state index in [-0.39, 0.29) is 27.1 Å². The highest BCUT2D eigenvalue weighted by Gasteiger charge is 2.31. The molecule has 0 spiro atoms. The lowest BCUT2D eigenvalue weighted by Gasteiger charge is -2.31. The fourth-order valence-electron chi connectivity index (χ4n) is 3.06. The summed E-state index contributed by atoms with van der Waals surface area (Å²) in [5.74, 6) is -0.709. The van der Waals surface area contributed by atoms with Gasteiger partial charge in [0.2, 0.25) is 20.0 Å². The first-order valence-corrected chi connectivity index (χ1v) is 12.6. The zero-order valence-electron chi connectivity index (χ0n) is 15.6. The highest BCUT2D eigenvalue weighted by molar-refractivity contribution is 7.89. The number of esters is 1. The van der Waals surface area contributed by atoms with E-state index < -0.39 is 26.0 Å². The number of thiophene rings is 1. The lowest BCUT2D eigenvalue weighted by atomic mass is 9.99. The minimum Gasteiger partial charge on any atom is -0.465 e. The Morgan fingerprint density at radius 3 is 2.62 bits per heavy atom. The smallest absolute Gasteiger partial charge is 0.349 e. The van der Waals surface area contributed by atoms with Gasteiger partial charge < -0.3 is 4.74 Å². The molecule has 0 bridgehead atoms. The zero-order chi connectivity index (χ0) is 21.1. The van der Waals surface area contributed by atoms with Crippen LogP contribution in [0.4, 0.5) is 0 Å². The van der Waals surface area contributed by atoms with Gasteiger partial charge in [0, 0.05) is 32.0 Å². The molecule has 0 atom stereocenters. The van der Waals surface area contributed by atoms with Gasteiger partial charge in [0.25, 0.3) is 0 Å². The van der Waals surface area contributed by atoms with Crippen molar-refractivity contribution >= 4 is 37.4 Å². The maximum atomic E-state index is 12.6. The van der Waals surface area contributed by atoms with Gasteiger partial charge in [-0.05, 0) is 42.3 Å². The fraction of sp³-hybridized carbons (Fsp3) is 0.412. The molecule has 1 saturated heterocycles. The molecule has 2 aromatic heterocycles. The summed E-state index contributed by atoms with van der Waals surface area (Å²) in [4.78, 5) is 15.6. The molecule has 3 heterocycles. The Hall–Kier alpha value is -1.86. The van der Waals surface area contributed by atoms with E-state index in [1.54, 1.807) is 6.07 Å². The number of aromatic nitrogens is 1. The average molecular weight is 460 g/mol. The predicted octanol–water partition coefficient (Wildman–Crippen LogP) is 1.31. The van der Waals surface area contributed by atoms with E-state index in [0.29, 0.717) is 25.9 Å². The summed E-state index contributed by atoms with van der Waals surface area (Å²) in [6, 6.07) is 4.44. The lowest BCUT2D eigenvalue weighted by Crippen LogP contribution is -2.41. The van der Waals surface area contributed by atoms with Gasteiger partial charge in [-0.25, -0.2) is 26.4 Å². The Morgan fingerprint density at radius 2 is 2.00 bits per heavy atom. The minimum absolute atomic E-state index is 0.00895. The van der Waals surface area contributed by atoms with Gasteiger partial charge in [0.15, 0.2) is 0 Å². The van der Waals surface area contributed by atoms with Crippen LogP contribution in [0.5, 0.6) is 0 Å². The number of carbonyl (C=O) groups excluding carboxylic acids is 1. The van der Waals surface area contributed by atoms with Crippen molar-refractivity contribution in [2.24, 2.45) is 5.92 Å². The Bertz CT molecular complexity index is 1060. The molecule has 1 aliphatic rings. The first kappa shape index (κ1) is 21.8. The molecule has 9 nitrogen and oxygen atoms in total. The Labute approximate surface area is 173 Å². The van der Waals surface area contributed by atoms with Crippen LogP contribution in [0.15, 0.2) is 45.8 Å². The second kappa shape index (κ2) is 8.88. The number of nitrogens with one attached hydrogen (secondary N) is 1. The van der Waals surface area contributed by atoms with Crippen molar-refractivity contribution in [3.05, 3.63) is 40.8 Å². The van der Waals surface area contributed by atoms with Crippen LogP contribution in [0.1, 0.15) is 22.5 Å². The van der Waals surface area contributed by atoms with Crippen LogP contribution >= 0.6 is 11.3 Å². The van der Waals surface area contributed by atoms with E-state index in [2.05, 4.69) is 14.4 Å². The third kappa shape index (κ3) is 4.83. The number of hydrogen-bond donors (Lipinski definition) is 1. The quantitative estimate of drug-likeness (QED) is 0.619. The van der Waals surface area contributed by atoms with Gasteiger partial charge >= 0.3 is 5.97 Å². The van der Waals surface area contributed by atoms with Crippen LogP contribution in [0.25, 0.3) is 0 Å². The number of nitrogens with zero attached hydrogens (tertiary/aromatic N) is 2. The highest BCUT2D eigenvalue weighted by atomic mass is 32.2. The molecule has 1 N–H and O–H groups in total. The molecule has 3 rings (SSSR count). The molecule has 0 aromatic carbocycles. The number of pyridine rings is 1. The van der Waals surface area contributed by atoms with Crippen LogP contribution in [0.2, 0.25) is 0 Å². The van der Waals surface area contributed by atoms with Gasteiger partial charge in [0.1, 0.15) is 14.7 Å². The number of ether oxygens (including phenoxy) is 1. The maximum absolute atomic E-state index is 12.6.